The van der Waals surface area contributed by atoms with Crippen molar-refractivity contribution in [1.82, 2.24) is 68.0 Å². The van der Waals surface area contributed by atoms with Gasteiger partial charge in [0.1, 0.15) is 48.3 Å². The standard InChI is InChI=1S/C61H80N14O17S/c1-7-30(4)51-57(89)64-24-46(81)67-41-28-93-60-37(36-10-8-9-11-38(36)70-60)21-39(54(86)63-25-47(82)72-51)68-59(91)52(31(5)43(78)27-76)73-56(88)42-20-35(77)26-75(42)61(92)40(69-55(41)87)22-45(80)62-23-33-12-14-34(15-13-33)66-53(85)32(6)65-58(90)50(29(2)3)71-44(79)18-19-74-48(83)16-17-49(74)84/h8-17,29-32,35,39-43,50-52,70,76-78H,7,18-28H2,1-6H3,(H,62,80)(H,63,86)(H,64,89)(H,65,90)(H,66,85)(H,67,81)(H,68,91)(H,69,87)(H,71,79)(H,72,82)(H,73,88)/t30-,31-,32-,35+,39-,40-,41-,42-,43-,50?,51-,52?/m0/s1. The highest BCUT2D eigenvalue weighted by Crippen LogP contribution is 2.32. The summed E-state index contributed by atoms with van der Waals surface area (Å²) in [7, 11) is 0. The molecule has 12 atom stereocenters. The van der Waals surface area contributed by atoms with E-state index in [-0.39, 0.29) is 37.4 Å². The van der Waals surface area contributed by atoms with Crippen LogP contribution in [0.3, 0.4) is 0 Å². The Hall–Kier alpha value is -9.27. The van der Waals surface area contributed by atoms with Crippen molar-refractivity contribution < 1.29 is 82.4 Å². The van der Waals surface area contributed by atoms with Crippen LogP contribution in [0.5, 0.6) is 0 Å². The van der Waals surface area contributed by atoms with Crippen LogP contribution in [-0.2, 0) is 80.1 Å². The third kappa shape index (κ3) is 18.7. The van der Waals surface area contributed by atoms with Crippen LogP contribution >= 0.6 is 11.8 Å². The highest BCUT2D eigenvalue weighted by atomic mass is 32.2. The average Bonchev–Trinajstić information content (AvgIpc) is 1.70. The molecule has 1 fully saturated rings. The van der Waals surface area contributed by atoms with E-state index in [1.807, 2.05) is 0 Å². The Morgan fingerprint density at radius 1 is 0.720 bits per heavy atom. The van der Waals surface area contributed by atoms with E-state index in [0.717, 1.165) is 33.7 Å². The van der Waals surface area contributed by atoms with Crippen LogP contribution in [0.25, 0.3) is 10.9 Å². The van der Waals surface area contributed by atoms with Crippen LogP contribution < -0.4 is 58.5 Å². The lowest BCUT2D eigenvalue weighted by Crippen LogP contribution is -2.62. The Labute approximate surface area is 538 Å². The monoisotopic (exact) mass is 1310 g/mol. The van der Waals surface area contributed by atoms with E-state index in [2.05, 4.69) is 63.5 Å². The van der Waals surface area contributed by atoms with Crippen molar-refractivity contribution in [3.63, 3.8) is 0 Å². The molecule has 0 spiro atoms. The molecule has 2 unspecified atom stereocenters. The number of hydrogen-bond acceptors (Lipinski definition) is 18. The Morgan fingerprint density at radius 2 is 1.39 bits per heavy atom. The SMILES string of the molecule is CC[C@H](C)[C@@H]1NC(=O)CNC(=O)[C@@H]2Cc3c([nH]c4ccccc34)SC[C@H](NC(=O)CNC1=O)C(=O)N[C@@H](CC(=O)NCc1ccc(NC(=O)[C@H](C)NC(=O)C(NC(=O)CCN3C(=O)C=CC3=O)C(C)C)cc1)C(=O)N1C[C@H](O)C[C@H]1C(=O)NC([C@@H](C)[C@@H](O)CO)C(=O)N2. The summed E-state index contributed by atoms with van der Waals surface area (Å²) in [5.74, 6) is -14.0. The lowest BCUT2D eigenvalue weighted by atomic mass is 9.93. The Balaban J connectivity index is 1.14. The van der Waals surface area contributed by atoms with Gasteiger partial charge in [0.15, 0.2) is 0 Å². The summed E-state index contributed by atoms with van der Waals surface area (Å²) in [5.41, 5.74) is 1.68. The normalized spacial score (nSPS) is 23.7. The van der Waals surface area contributed by atoms with Crippen LogP contribution in [0.15, 0.2) is 65.7 Å². The number of anilines is 1. The Morgan fingerprint density at radius 3 is 2.05 bits per heavy atom. The summed E-state index contributed by atoms with van der Waals surface area (Å²) in [6, 6.07) is 1.18. The van der Waals surface area contributed by atoms with Crippen molar-refractivity contribution in [3.05, 3.63) is 71.8 Å². The highest BCUT2D eigenvalue weighted by molar-refractivity contribution is 7.99. The van der Waals surface area contributed by atoms with Gasteiger partial charge < -0.3 is 83.7 Å². The van der Waals surface area contributed by atoms with Crippen molar-refractivity contribution in [2.45, 2.75) is 146 Å². The molecule has 31 nitrogen and oxygen atoms in total. The number of amides is 14. The highest BCUT2D eigenvalue weighted by Gasteiger charge is 2.45. The molecule has 4 aliphatic rings. The molecular formula is C61H80N14O17S. The fourth-order valence-electron chi connectivity index (χ4n) is 10.7. The van der Waals surface area contributed by atoms with Gasteiger partial charge in [-0.15, -0.1) is 11.8 Å². The molecule has 15 N–H and O–H groups in total. The molecule has 2 aromatic carbocycles. The zero-order valence-electron chi connectivity index (χ0n) is 52.1. The number of H-pyrrole nitrogens is 1. The molecule has 93 heavy (non-hydrogen) atoms. The van der Waals surface area contributed by atoms with Crippen LogP contribution in [0.4, 0.5) is 5.69 Å². The van der Waals surface area contributed by atoms with E-state index < -0.39 is 200 Å². The number of imide groups is 1. The number of fused-ring (bicyclic) bond motifs is 5. The van der Waals surface area contributed by atoms with Crippen molar-refractivity contribution in [3.8, 4) is 0 Å². The van der Waals surface area contributed by atoms with E-state index >= 15 is 4.79 Å². The predicted octanol–water partition coefficient (Wildman–Crippen LogP) is -3.91. The third-order valence-corrected chi connectivity index (χ3v) is 17.6. The largest absolute Gasteiger partial charge is 0.394 e. The summed E-state index contributed by atoms with van der Waals surface area (Å²) < 4.78 is 0. The molecule has 0 aliphatic carbocycles. The van der Waals surface area contributed by atoms with Gasteiger partial charge in [-0.25, -0.2) is 0 Å². The molecule has 0 saturated carbocycles. The number of rotatable bonds is 18. The van der Waals surface area contributed by atoms with Gasteiger partial charge in [-0.3, -0.25) is 72.0 Å². The van der Waals surface area contributed by atoms with Gasteiger partial charge >= 0.3 is 0 Å². The number of carbonyl (C=O) groups is 14. The number of aromatic amines is 1. The van der Waals surface area contributed by atoms with Crippen molar-refractivity contribution in [2.24, 2.45) is 17.8 Å². The number of aliphatic hydroxyl groups excluding tert-OH is 3. The molecule has 3 aromatic rings. The molecule has 0 radical (unpaired) electrons. The fraction of sp³-hybridized carbons (Fsp3) is 0.508. The zero-order chi connectivity index (χ0) is 68.0. The van der Waals surface area contributed by atoms with Crippen LogP contribution in [0, 0.1) is 17.8 Å². The smallest absolute Gasteiger partial charge is 0.253 e. The van der Waals surface area contributed by atoms with E-state index in [4.69, 9.17) is 0 Å². The minimum atomic E-state index is -1.84. The quantitative estimate of drug-likeness (QED) is 0.0541. The first-order chi connectivity index (χ1) is 44.2. The Kier molecular flexibility index (Phi) is 24.7. The molecular weight excluding hydrogens is 1230 g/mol. The summed E-state index contributed by atoms with van der Waals surface area (Å²) in [4.78, 5) is 197. The number of para-hydroxylation sites is 1. The van der Waals surface area contributed by atoms with E-state index in [1.54, 1.807) is 64.1 Å². The maximum atomic E-state index is 15.0. The minimum Gasteiger partial charge on any atom is -0.394 e. The number of nitrogens with zero attached hydrogens (tertiary/aromatic N) is 2. The molecule has 32 heteroatoms. The second-order valence-electron chi connectivity index (χ2n) is 23.7. The van der Waals surface area contributed by atoms with Crippen molar-refractivity contribution in [1.29, 1.82) is 0 Å². The van der Waals surface area contributed by atoms with Gasteiger partial charge in [0.2, 0.25) is 70.9 Å². The minimum absolute atomic E-state index is 0.190. The lowest BCUT2D eigenvalue weighted by Gasteiger charge is -2.33. The first kappa shape index (κ1) is 71.2. The number of hydrogen-bond donors (Lipinski definition) is 15. The van der Waals surface area contributed by atoms with Gasteiger partial charge in [0.25, 0.3) is 11.8 Å². The lowest BCUT2D eigenvalue weighted by molar-refractivity contribution is -0.144. The number of aliphatic hydroxyl groups is 3. The number of carbonyl (C=O) groups excluding carboxylic acids is 14. The molecule has 7 rings (SSSR count). The number of aromatic nitrogens is 1. The molecule has 4 aliphatic heterocycles. The zero-order valence-corrected chi connectivity index (χ0v) is 52.9. The average molecular weight is 1310 g/mol. The molecule has 502 valence electrons. The number of benzene rings is 2. The molecule has 1 saturated heterocycles. The second-order valence-corrected chi connectivity index (χ2v) is 24.7. The Bertz CT molecular complexity index is 3380. The third-order valence-electron chi connectivity index (χ3n) is 16.5. The van der Waals surface area contributed by atoms with Gasteiger partial charge in [0, 0.05) is 79.3 Å². The summed E-state index contributed by atoms with van der Waals surface area (Å²) in [6.07, 6.45) is -2.30. The first-order valence-electron chi connectivity index (χ1n) is 30.5. The maximum absolute atomic E-state index is 15.0. The summed E-state index contributed by atoms with van der Waals surface area (Å²) in [5, 5.41) is 61.5. The van der Waals surface area contributed by atoms with Crippen LogP contribution in [-0.4, -0.2) is 212 Å². The number of thioether (sulfide) groups is 1. The summed E-state index contributed by atoms with van der Waals surface area (Å²) in [6.45, 7) is 6.32. The molecule has 2 bridgehead atoms. The molecule has 14 amide bonds. The summed E-state index contributed by atoms with van der Waals surface area (Å²) >= 11 is 0.989. The van der Waals surface area contributed by atoms with Gasteiger partial charge in [-0.2, -0.15) is 0 Å². The fourth-order valence-corrected chi connectivity index (χ4v) is 11.9. The van der Waals surface area contributed by atoms with E-state index in [1.165, 1.54) is 26.0 Å². The maximum Gasteiger partial charge on any atom is 0.253 e. The number of nitrogens with one attached hydrogen (secondary N) is 12. The second kappa shape index (κ2) is 32.3. The van der Waals surface area contributed by atoms with E-state index in [0.29, 0.717) is 33.5 Å². The van der Waals surface area contributed by atoms with Gasteiger partial charge in [-0.05, 0) is 48.1 Å². The van der Waals surface area contributed by atoms with Gasteiger partial charge in [-0.1, -0.05) is 71.4 Å². The molecule has 1 aromatic heterocycles. The van der Waals surface area contributed by atoms with Crippen LogP contribution in [0.1, 0.15) is 78.4 Å². The van der Waals surface area contributed by atoms with Crippen LogP contribution in [0.2, 0.25) is 0 Å². The van der Waals surface area contributed by atoms with E-state index in [9.17, 15) is 77.6 Å². The molecule has 5 heterocycles. The van der Waals surface area contributed by atoms with Crippen molar-refractivity contribution >= 4 is 111 Å². The predicted molar refractivity (Wildman–Crippen MR) is 333 cm³/mol. The van der Waals surface area contributed by atoms with Gasteiger partial charge in [0.05, 0.1) is 43.4 Å². The topological polar surface area (TPSA) is 454 Å². The first-order valence-corrected chi connectivity index (χ1v) is 31.5. The van der Waals surface area contributed by atoms with Crippen molar-refractivity contribution in [2.75, 3.05) is 43.9 Å².